The summed E-state index contributed by atoms with van der Waals surface area (Å²) in [5.41, 5.74) is 0. The molecule has 9 nitrogen and oxygen atoms in total. The smallest absolute Gasteiger partial charge is 0.230 e. The topological polar surface area (TPSA) is 85.0 Å². The van der Waals surface area contributed by atoms with Gasteiger partial charge in [-0.3, -0.25) is 9.48 Å². The maximum absolute atomic E-state index is 12.8. The van der Waals surface area contributed by atoms with Crippen LogP contribution < -0.4 is 0 Å². The summed E-state index contributed by atoms with van der Waals surface area (Å²) < 4.78 is 3.60. The molecule has 1 saturated heterocycles. The van der Waals surface area contributed by atoms with Crippen LogP contribution in [0.15, 0.2) is 12.4 Å². The average Bonchev–Trinajstić information content (AvgIpc) is 2.99. The fourth-order valence-corrected chi connectivity index (χ4v) is 3.49. The Morgan fingerprint density at radius 2 is 2.12 bits per heavy atom. The van der Waals surface area contributed by atoms with E-state index < -0.39 is 0 Å². The number of aryl methyl sites for hydroxylation is 1. The number of hydrogen-bond acceptors (Lipinski definition) is 6. The van der Waals surface area contributed by atoms with Gasteiger partial charge in [0, 0.05) is 32.3 Å². The van der Waals surface area contributed by atoms with Crippen LogP contribution in [0.3, 0.4) is 0 Å². The minimum atomic E-state index is 0.0901. The molecule has 2 aliphatic rings. The first-order valence-electron chi connectivity index (χ1n) is 8.72. The Kier molecular flexibility index (Phi) is 4.03. The molecule has 134 valence electrons. The van der Waals surface area contributed by atoms with E-state index in [1.165, 1.54) is 0 Å². The maximum Gasteiger partial charge on any atom is 0.230 e. The van der Waals surface area contributed by atoms with Gasteiger partial charge in [0.25, 0.3) is 0 Å². The molecule has 1 amide bonds. The van der Waals surface area contributed by atoms with Gasteiger partial charge in [-0.05, 0) is 26.9 Å². The van der Waals surface area contributed by atoms with Crippen LogP contribution in [0.2, 0.25) is 0 Å². The van der Waals surface area contributed by atoms with Crippen LogP contribution in [0.1, 0.15) is 36.5 Å². The van der Waals surface area contributed by atoms with E-state index in [-0.39, 0.29) is 18.0 Å². The Hall–Kier alpha value is -2.29. The van der Waals surface area contributed by atoms with Crippen LogP contribution in [-0.4, -0.2) is 78.7 Å². The summed E-state index contributed by atoms with van der Waals surface area (Å²) in [5.74, 6) is 2.22. The van der Waals surface area contributed by atoms with E-state index in [4.69, 9.17) is 0 Å². The van der Waals surface area contributed by atoms with Gasteiger partial charge in [0.1, 0.15) is 5.82 Å². The largest absolute Gasteiger partial charge is 0.338 e. The number of carbonyl (C=O) groups is 1. The van der Waals surface area contributed by atoms with E-state index in [9.17, 15) is 4.79 Å². The van der Waals surface area contributed by atoms with Gasteiger partial charge < -0.3 is 9.80 Å². The minimum absolute atomic E-state index is 0.0901. The molecule has 2 aromatic rings. The Balaban J connectivity index is 1.47. The number of aromatic nitrogens is 6. The molecule has 0 N–H and O–H groups in total. The standard InChI is InChI=1S/C16H24N8O/c1-21(2)12-9-23(10-13(12)24-7-6-17-20-24)15(25)8-14-18-16(11-4-5-11)19-22(14)3/h6-7,11-13H,4-5,8-10H2,1-3H3/t12-,13+/m1/s1. The molecule has 0 radical (unpaired) electrons. The summed E-state index contributed by atoms with van der Waals surface area (Å²) in [7, 11) is 5.94. The van der Waals surface area contributed by atoms with Crippen molar-refractivity contribution in [1.29, 1.82) is 0 Å². The Bertz CT molecular complexity index is 748. The fourth-order valence-electron chi connectivity index (χ4n) is 3.49. The lowest BCUT2D eigenvalue weighted by Gasteiger charge is -2.24. The van der Waals surface area contributed by atoms with Gasteiger partial charge in [0.15, 0.2) is 5.82 Å². The molecule has 2 aromatic heterocycles. The predicted molar refractivity (Wildman–Crippen MR) is 89.8 cm³/mol. The monoisotopic (exact) mass is 344 g/mol. The number of carbonyl (C=O) groups excluding carboxylic acids is 1. The van der Waals surface area contributed by atoms with Crippen molar-refractivity contribution in [1.82, 2.24) is 39.6 Å². The highest BCUT2D eigenvalue weighted by atomic mass is 16.2. The molecule has 2 atom stereocenters. The average molecular weight is 344 g/mol. The van der Waals surface area contributed by atoms with Gasteiger partial charge in [-0.2, -0.15) is 5.10 Å². The van der Waals surface area contributed by atoms with Crippen molar-refractivity contribution >= 4 is 5.91 Å². The molecule has 2 fully saturated rings. The number of likely N-dealkylation sites (tertiary alicyclic amines) is 1. The van der Waals surface area contributed by atoms with Crippen LogP contribution in [0.25, 0.3) is 0 Å². The lowest BCUT2D eigenvalue weighted by Crippen LogP contribution is -2.37. The second kappa shape index (κ2) is 6.21. The second-order valence-corrected chi connectivity index (χ2v) is 7.24. The van der Waals surface area contributed by atoms with Crippen LogP contribution in [0.5, 0.6) is 0 Å². The highest BCUT2D eigenvalue weighted by molar-refractivity contribution is 5.78. The van der Waals surface area contributed by atoms with Crippen LogP contribution in [0, 0.1) is 0 Å². The van der Waals surface area contributed by atoms with Gasteiger partial charge in [-0.15, -0.1) is 5.10 Å². The zero-order valence-corrected chi connectivity index (χ0v) is 14.9. The Morgan fingerprint density at radius 3 is 2.76 bits per heavy atom. The van der Waals surface area contributed by atoms with E-state index >= 15 is 0 Å². The zero-order valence-electron chi connectivity index (χ0n) is 14.9. The van der Waals surface area contributed by atoms with Crippen molar-refractivity contribution in [2.75, 3.05) is 27.2 Å². The van der Waals surface area contributed by atoms with Crippen molar-refractivity contribution in [2.45, 2.75) is 37.3 Å². The highest BCUT2D eigenvalue weighted by Gasteiger charge is 2.38. The molecule has 3 heterocycles. The van der Waals surface area contributed by atoms with E-state index in [2.05, 4.69) is 25.3 Å². The molecule has 4 rings (SSSR count). The number of likely N-dealkylation sites (N-methyl/N-ethyl adjacent to an activating group) is 1. The first-order chi connectivity index (χ1) is 12.0. The number of nitrogens with zero attached hydrogens (tertiary/aromatic N) is 8. The van der Waals surface area contributed by atoms with E-state index in [0.29, 0.717) is 25.4 Å². The van der Waals surface area contributed by atoms with Gasteiger partial charge in [0.2, 0.25) is 5.91 Å². The molecule has 0 spiro atoms. The third-order valence-corrected chi connectivity index (χ3v) is 5.18. The van der Waals surface area contributed by atoms with Gasteiger partial charge in [0.05, 0.1) is 24.7 Å². The normalized spacial score (nSPS) is 23.6. The van der Waals surface area contributed by atoms with Gasteiger partial charge in [-0.25, -0.2) is 9.67 Å². The van der Waals surface area contributed by atoms with Gasteiger partial charge in [-0.1, -0.05) is 5.21 Å². The molecule has 9 heteroatoms. The fraction of sp³-hybridized carbons (Fsp3) is 0.688. The third-order valence-electron chi connectivity index (χ3n) is 5.18. The van der Waals surface area contributed by atoms with Crippen LogP contribution >= 0.6 is 0 Å². The molecule has 0 bridgehead atoms. The summed E-state index contributed by atoms with van der Waals surface area (Å²) in [6.45, 7) is 1.32. The SMILES string of the molecule is CN(C)[C@@H]1CN(C(=O)Cc2nc(C3CC3)nn2C)C[C@@H]1n1ccnn1. The summed E-state index contributed by atoms with van der Waals surface area (Å²) >= 11 is 0. The first-order valence-corrected chi connectivity index (χ1v) is 8.72. The molecular weight excluding hydrogens is 320 g/mol. The van der Waals surface area contributed by atoms with E-state index in [1.807, 2.05) is 36.9 Å². The van der Waals surface area contributed by atoms with E-state index in [0.717, 1.165) is 24.5 Å². The van der Waals surface area contributed by atoms with Crippen LogP contribution in [-0.2, 0) is 18.3 Å². The Morgan fingerprint density at radius 1 is 1.32 bits per heavy atom. The summed E-state index contributed by atoms with van der Waals surface area (Å²) in [4.78, 5) is 21.4. The quantitative estimate of drug-likeness (QED) is 0.749. The molecule has 25 heavy (non-hydrogen) atoms. The number of amides is 1. The molecule has 1 aliphatic carbocycles. The maximum atomic E-state index is 12.8. The molecule has 1 aliphatic heterocycles. The third kappa shape index (κ3) is 3.15. The molecule has 1 saturated carbocycles. The lowest BCUT2D eigenvalue weighted by molar-refractivity contribution is -0.129. The van der Waals surface area contributed by atoms with Crippen molar-refractivity contribution < 1.29 is 4.79 Å². The summed E-state index contributed by atoms with van der Waals surface area (Å²) in [6, 6.07) is 0.329. The summed E-state index contributed by atoms with van der Waals surface area (Å²) in [6.07, 6.45) is 6.15. The van der Waals surface area contributed by atoms with Gasteiger partial charge >= 0.3 is 0 Å². The second-order valence-electron chi connectivity index (χ2n) is 7.24. The highest BCUT2D eigenvalue weighted by Crippen LogP contribution is 2.38. The van der Waals surface area contributed by atoms with E-state index in [1.54, 1.807) is 10.9 Å². The molecular formula is C16H24N8O. The zero-order chi connectivity index (χ0) is 17.6. The number of hydrogen-bond donors (Lipinski definition) is 0. The lowest BCUT2D eigenvalue weighted by atomic mass is 10.1. The summed E-state index contributed by atoms with van der Waals surface area (Å²) in [5, 5.41) is 12.5. The Labute approximate surface area is 146 Å². The van der Waals surface area contributed by atoms with Crippen molar-refractivity contribution in [2.24, 2.45) is 7.05 Å². The predicted octanol–water partition coefficient (Wildman–Crippen LogP) is -0.160. The molecule has 0 unspecified atom stereocenters. The minimum Gasteiger partial charge on any atom is -0.338 e. The van der Waals surface area contributed by atoms with Crippen molar-refractivity contribution in [3.63, 3.8) is 0 Å². The molecule has 0 aromatic carbocycles. The first kappa shape index (κ1) is 16.2. The van der Waals surface area contributed by atoms with Crippen molar-refractivity contribution in [3.8, 4) is 0 Å². The number of rotatable bonds is 5. The van der Waals surface area contributed by atoms with Crippen molar-refractivity contribution in [3.05, 3.63) is 24.0 Å². The van der Waals surface area contributed by atoms with Crippen LogP contribution in [0.4, 0.5) is 0 Å².